The summed E-state index contributed by atoms with van der Waals surface area (Å²) in [5, 5.41) is 2.86. The Kier molecular flexibility index (Phi) is 5.41. The van der Waals surface area contributed by atoms with Gasteiger partial charge in [0, 0.05) is 24.7 Å². The minimum atomic E-state index is -0.521. The highest BCUT2D eigenvalue weighted by atomic mass is 16.3. The number of rotatable bonds is 5. The Morgan fingerprint density at radius 3 is 2.58 bits per heavy atom. The molecule has 0 bridgehead atoms. The molecule has 2 amide bonds. The molecule has 0 aliphatic carbocycles. The predicted molar refractivity (Wildman–Crippen MR) is 102 cm³/mol. The number of anilines is 2. The molecule has 6 heteroatoms. The lowest BCUT2D eigenvalue weighted by atomic mass is 10.1. The van der Waals surface area contributed by atoms with Crippen LogP contribution in [-0.2, 0) is 4.79 Å². The number of hydrogen-bond donors (Lipinski definition) is 2. The number of furan rings is 1. The van der Waals surface area contributed by atoms with Crippen LogP contribution in [0.15, 0.2) is 40.8 Å². The van der Waals surface area contributed by atoms with Gasteiger partial charge < -0.3 is 20.4 Å². The van der Waals surface area contributed by atoms with Crippen molar-refractivity contribution in [1.29, 1.82) is 0 Å². The smallest absolute Gasteiger partial charge is 0.248 e. The topological polar surface area (TPSA) is 88.6 Å². The molecule has 0 radical (unpaired) electrons. The van der Waals surface area contributed by atoms with Crippen LogP contribution in [0.4, 0.5) is 11.4 Å². The fraction of sp³-hybridized carbons (Fsp3) is 0.300. The van der Waals surface area contributed by atoms with Crippen molar-refractivity contribution >= 4 is 29.3 Å². The zero-order valence-corrected chi connectivity index (χ0v) is 14.8. The number of nitrogens with zero attached hydrogens (tertiary/aromatic N) is 1. The number of carbonyl (C=O) groups excluding carboxylic acids is 2. The number of nitrogens with one attached hydrogen (secondary N) is 1. The first-order chi connectivity index (χ1) is 12.5. The fourth-order valence-electron chi connectivity index (χ4n) is 3.08. The lowest BCUT2D eigenvalue weighted by Gasteiger charge is -2.30. The minimum absolute atomic E-state index is 0.293. The van der Waals surface area contributed by atoms with Gasteiger partial charge in [0.1, 0.15) is 11.5 Å². The summed E-state index contributed by atoms with van der Waals surface area (Å²) in [7, 11) is 0. The Morgan fingerprint density at radius 2 is 1.92 bits per heavy atom. The van der Waals surface area contributed by atoms with Gasteiger partial charge in [0.2, 0.25) is 11.8 Å². The molecule has 26 heavy (non-hydrogen) atoms. The van der Waals surface area contributed by atoms with Gasteiger partial charge in [-0.2, -0.15) is 0 Å². The van der Waals surface area contributed by atoms with Gasteiger partial charge in [0.15, 0.2) is 0 Å². The van der Waals surface area contributed by atoms with Gasteiger partial charge in [-0.25, -0.2) is 0 Å². The van der Waals surface area contributed by atoms with Crippen molar-refractivity contribution < 1.29 is 14.0 Å². The summed E-state index contributed by atoms with van der Waals surface area (Å²) >= 11 is 0. The number of amides is 2. The van der Waals surface area contributed by atoms with Crippen LogP contribution in [0.1, 0.15) is 41.1 Å². The van der Waals surface area contributed by atoms with E-state index in [1.807, 2.05) is 19.1 Å². The summed E-state index contributed by atoms with van der Waals surface area (Å²) in [5.74, 6) is 0.581. The second-order valence-electron chi connectivity index (χ2n) is 6.41. The van der Waals surface area contributed by atoms with Crippen LogP contribution in [0.5, 0.6) is 0 Å². The van der Waals surface area contributed by atoms with Crippen molar-refractivity contribution in [2.45, 2.75) is 26.2 Å². The first kappa shape index (κ1) is 17.8. The summed E-state index contributed by atoms with van der Waals surface area (Å²) < 4.78 is 5.42. The molecule has 2 heterocycles. The van der Waals surface area contributed by atoms with Gasteiger partial charge in [-0.3, -0.25) is 9.59 Å². The van der Waals surface area contributed by atoms with Gasteiger partial charge in [-0.1, -0.05) is 0 Å². The average molecular weight is 353 g/mol. The van der Waals surface area contributed by atoms with E-state index in [-0.39, 0.29) is 5.91 Å². The Bertz CT molecular complexity index is 833. The standard InChI is InChI=1S/C20H23N3O3/c1-14-5-7-16(26-14)8-10-19(24)22-17-13-15(20(21)25)6-9-18(17)23-11-3-2-4-12-23/h5-10,13H,2-4,11-12H2,1H3,(H2,21,25)(H,22,24)/b10-8+. The number of nitrogens with two attached hydrogens (primary N) is 1. The van der Waals surface area contributed by atoms with E-state index >= 15 is 0 Å². The SMILES string of the molecule is Cc1ccc(/C=C/C(=O)Nc2cc(C(N)=O)ccc2N2CCCCC2)o1. The van der Waals surface area contributed by atoms with Crippen molar-refractivity contribution in [2.75, 3.05) is 23.3 Å². The van der Waals surface area contributed by atoms with Gasteiger partial charge in [-0.05, 0) is 62.6 Å². The number of benzene rings is 1. The average Bonchev–Trinajstić information content (AvgIpc) is 3.06. The normalized spacial score (nSPS) is 14.6. The zero-order valence-electron chi connectivity index (χ0n) is 14.8. The van der Waals surface area contributed by atoms with Crippen molar-refractivity contribution in [3.8, 4) is 0 Å². The van der Waals surface area contributed by atoms with Crippen molar-refractivity contribution in [2.24, 2.45) is 5.73 Å². The zero-order chi connectivity index (χ0) is 18.5. The highest BCUT2D eigenvalue weighted by Crippen LogP contribution is 2.29. The quantitative estimate of drug-likeness (QED) is 0.807. The second-order valence-corrected chi connectivity index (χ2v) is 6.41. The molecule has 3 N–H and O–H groups in total. The third-order valence-electron chi connectivity index (χ3n) is 4.40. The Labute approximate surface area is 152 Å². The molecule has 0 spiro atoms. The molecule has 1 aromatic carbocycles. The van der Waals surface area contributed by atoms with Crippen LogP contribution >= 0.6 is 0 Å². The molecule has 136 valence electrons. The third-order valence-corrected chi connectivity index (χ3v) is 4.40. The molecule has 0 atom stereocenters. The number of hydrogen-bond acceptors (Lipinski definition) is 4. The number of piperidine rings is 1. The molecule has 1 aliphatic heterocycles. The summed E-state index contributed by atoms with van der Waals surface area (Å²) in [5.41, 5.74) is 7.25. The summed E-state index contributed by atoms with van der Waals surface area (Å²) in [6.07, 6.45) is 6.46. The maximum absolute atomic E-state index is 12.3. The Balaban J connectivity index is 1.81. The molecule has 1 fully saturated rings. The Hall–Kier alpha value is -3.02. The van der Waals surface area contributed by atoms with Crippen LogP contribution in [0.2, 0.25) is 0 Å². The maximum atomic E-state index is 12.3. The summed E-state index contributed by atoms with van der Waals surface area (Å²) in [4.78, 5) is 26.1. The Morgan fingerprint density at radius 1 is 1.15 bits per heavy atom. The molecule has 2 aromatic rings. The molecule has 1 aromatic heterocycles. The van der Waals surface area contributed by atoms with Gasteiger partial charge >= 0.3 is 0 Å². The molecule has 3 rings (SSSR count). The first-order valence-corrected chi connectivity index (χ1v) is 8.77. The van der Waals surface area contributed by atoms with E-state index < -0.39 is 5.91 Å². The van der Waals surface area contributed by atoms with Gasteiger partial charge in [-0.15, -0.1) is 0 Å². The molecule has 1 saturated heterocycles. The molecule has 1 aliphatic rings. The van der Waals surface area contributed by atoms with Gasteiger partial charge in [0.05, 0.1) is 11.4 Å². The lowest BCUT2D eigenvalue weighted by Crippen LogP contribution is -2.30. The van der Waals surface area contributed by atoms with Crippen LogP contribution < -0.4 is 16.0 Å². The maximum Gasteiger partial charge on any atom is 0.248 e. The fourth-order valence-corrected chi connectivity index (χ4v) is 3.08. The van der Waals surface area contributed by atoms with Crippen LogP contribution in [0.25, 0.3) is 6.08 Å². The van der Waals surface area contributed by atoms with Crippen LogP contribution in [-0.4, -0.2) is 24.9 Å². The first-order valence-electron chi connectivity index (χ1n) is 8.77. The van der Waals surface area contributed by atoms with Crippen LogP contribution in [0.3, 0.4) is 0 Å². The third kappa shape index (κ3) is 4.33. The number of primary amides is 1. The predicted octanol–water partition coefficient (Wildman–Crippen LogP) is 3.33. The van der Waals surface area contributed by atoms with Gasteiger partial charge in [0.25, 0.3) is 0 Å². The highest BCUT2D eigenvalue weighted by molar-refractivity contribution is 6.05. The summed E-state index contributed by atoms with van der Waals surface area (Å²) in [6.45, 7) is 3.71. The molecule has 0 unspecified atom stereocenters. The van der Waals surface area contributed by atoms with E-state index in [4.69, 9.17) is 10.2 Å². The number of aryl methyl sites for hydroxylation is 1. The van der Waals surface area contributed by atoms with E-state index in [0.29, 0.717) is 17.0 Å². The summed E-state index contributed by atoms with van der Waals surface area (Å²) in [6, 6.07) is 8.81. The largest absolute Gasteiger partial charge is 0.462 e. The van der Waals surface area contributed by atoms with Crippen molar-refractivity contribution in [3.63, 3.8) is 0 Å². The molecular formula is C20H23N3O3. The van der Waals surface area contributed by atoms with Crippen LogP contribution in [0, 0.1) is 6.92 Å². The second kappa shape index (κ2) is 7.91. The lowest BCUT2D eigenvalue weighted by molar-refractivity contribution is -0.111. The molecular weight excluding hydrogens is 330 g/mol. The highest BCUT2D eigenvalue weighted by Gasteiger charge is 2.17. The van der Waals surface area contributed by atoms with E-state index in [1.54, 1.807) is 24.3 Å². The minimum Gasteiger partial charge on any atom is -0.462 e. The van der Waals surface area contributed by atoms with E-state index in [0.717, 1.165) is 37.4 Å². The van der Waals surface area contributed by atoms with E-state index in [1.165, 1.54) is 12.5 Å². The van der Waals surface area contributed by atoms with E-state index in [2.05, 4.69) is 10.2 Å². The molecule has 6 nitrogen and oxygen atoms in total. The van der Waals surface area contributed by atoms with Crippen molar-refractivity contribution in [3.05, 3.63) is 53.5 Å². The van der Waals surface area contributed by atoms with E-state index in [9.17, 15) is 9.59 Å². The monoisotopic (exact) mass is 353 g/mol. The number of carbonyl (C=O) groups is 2. The molecule has 0 saturated carbocycles. The van der Waals surface area contributed by atoms with Crippen molar-refractivity contribution in [1.82, 2.24) is 0 Å².